The Morgan fingerprint density at radius 2 is 2.38 bits per heavy atom. The Bertz CT molecular complexity index is 291. The van der Waals surface area contributed by atoms with Crippen molar-refractivity contribution in [3.63, 3.8) is 0 Å². The molecule has 0 spiro atoms. The topological polar surface area (TPSA) is 43.8 Å². The smallest absolute Gasteiger partial charge is 0.0623 e. The first-order valence-electron chi connectivity index (χ1n) is 4.62. The molecule has 1 fully saturated rings. The summed E-state index contributed by atoms with van der Waals surface area (Å²) >= 11 is 2.29. The number of rotatable bonds is 4. The summed E-state index contributed by atoms with van der Waals surface area (Å²) in [6.07, 6.45) is 7.78. The van der Waals surface area contributed by atoms with Crippen LogP contribution in [0.5, 0.6) is 0 Å². The first-order valence-corrected chi connectivity index (χ1v) is 5.70. The molecule has 0 saturated heterocycles. The molecule has 0 bridgehead atoms. The summed E-state index contributed by atoms with van der Waals surface area (Å²) in [4.78, 5) is 0. The second kappa shape index (κ2) is 3.57. The van der Waals surface area contributed by atoms with Gasteiger partial charge in [-0.3, -0.25) is 4.68 Å². The van der Waals surface area contributed by atoms with Gasteiger partial charge in [-0.15, -0.1) is 0 Å². The fourth-order valence-electron chi connectivity index (χ4n) is 1.74. The third-order valence-electron chi connectivity index (χ3n) is 2.73. The average Bonchev–Trinajstić information content (AvgIpc) is 2.70. The van der Waals surface area contributed by atoms with Gasteiger partial charge in [0.25, 0.3) is 0 Å². The van der Waals surface area contributed by atoms with E-state index in [0.717, 1.165) is 19.5 Å². The maximum atomic E-state index is 5.58. The number of aromatic nitrogens is 2. The van der Waals surface area contributed by atoms with Gasteiger partial charge in [0.15, 0.2) is 0 Å². The molecule has 0 amide bonds. The van der Waals surface area contributed by atoms with Gasteiger partial charge in [0, 0.05) is 12.7 Å². The molecular weight excluding hydrogens is 277 g/mol. The highest BCUT2D eigenvalue weighted by atomic mass is 127. The zero-order chi connectivity index (χ0) is 9.31. The van der Waals surface area contributed by atoms with Crippen molar-refractivity contribution >= 4 is 22.6 Å². The van der Waals surface area contributed by atoms with E-state index in [1.165, 1.54) is 16.4 Å². The second-order valence-electron chi connectivity index (χ2n) is 3.89. The summed E-state index contributed by atoms with van der Waals surface area (Å²) in [6.45, 7) is 1.85. The van der Waals surface area contributed by atoms with Crippen molar-refractivity contribution in [2.75, 3.05) is 6.54 Å². The summed E-state index contributed by atoms with van der Waals surface area (Å²) in [5.41, 5.74) is 6.07. The van der Waals surface area contributed by atoms with Gasteiger partial charge in [-0.2, -0.15) is 5.10 Å². The Morgan fingerprint density at radius 3 is 2.85 bits per heavy atom. The van der Waals surface area contributed by atoms with Crippen molar-refractivity contribution in [2.24, 2.45) is 11.1 Å². The van der Waals surface area contributed by atoms with Gasteiger partial charge < -0.3 is 5.73 Å². The molecule has 13 heavy (non-hydrogen) atoms. The summed E-state index contributed by atoms with van der Waals surface area (Å²) < 4.78 is 3.26. The van der Waals surface area contributed by atoms with Crippen LogP contribution >= 0.6 is 22.6 Å². The molecule has 1 heterocycles. The zero-order valence-electron chi connectivity index (χ0n) is 7.54. The molecule has 1 saturated carbocycles. The van der Waals surface area contributed by atoms with Crippen LogP contribution in [0, 0.1) is 8.99 Å². The van der Waals surface area contributed by atoms with Crippen LogP contribution in [0.15, 0.2) is 12.4 Å². The molecule has 2 N–H and O–H groups in total. The SMILES string of the molecule is NCCC1(Cn2cc(I)cn2)CC1. The molecule has 2 rings (SSSR count). The lowest BCUT2D eigenvalue weighted by molar-refractivity contribution is 0.376. The third-order valence-corrected chi connectivity index (χ3v) is 3.29. The van der Waals surface area contributed by atoms with E-state index in [1.807, 2.05) is 10.9 Å². The lowest BCUT2D eigenvalue weighted by Crippen LogP contribution is -2.16. The van der Waals surface area contributed by atoms with Crippen LogP contribution in [0.2, 0.25) is 0 Å². The van der Waals surface area contributed by atoms with Crippen LogP contribution in [-0.2, 0) is 6.54 Å². The van der Waals surface area contributed by atoms with E-state index in [1.54, 1.807) is 0 Å². The van der Waals surface area contributed by atoms with Crippen LogP contribution < -0.4 is 5.73 Å². The van der Waals surface area contributed by atoms with Crippen molar-refractivity contribution in [2.45, 2.75) is 25.8 Å². The maximum Gasteiger partial charge on any atom is 0.0623 e. The van der Waals surface area contributed by atoms with Gasteiger partial charge in [0.2, 0.25) is 0 Å². The fourth-order valence-corrected chi connectivity index (χ4v) is 2.18. The van der Waals surface area contributed by atoms with E-state index in [4.69, 9.17) is 5.73 Å². The number of hydrogen-bond acceptors (Lipinski definition) is 2. The Hall–Kier alpha value is -0.100. The molecule has 72 valence electrons. The van der Waals surface area contributed by atoms with E-state index in [-0.39, 0.29) is 0 Å². The monoisotopic (exact) mass is 291 g/mol. The Labute approximate surface area is 91.8 Å². The summed E-state index contributed by atoms with van der Waals surface area (Å²) in [6, 6.07) is 0. The normalized spacial score (nSPS) is 18.9. The maximum absolute atomic E-state index is 5.58. The fraction of sp³-hybridized carbons (Fsp3) is 0.667. The number of hydrogen-bond donors (Lipinski definition) is 1. The average molecular weight is 291 g/mol. The highest BCUT2D eigenvalue weighted by molar-refractivity contribution is 14.1. The Balaban J connectivity index is 1.98. The van der Waals surface area contributed by atoms with Gasteiger partial charge in [0.1, 0.15) is 0 Å². The van der Waals surface area contributed by atoms with Crippen LogP contribution in [0.4, 0.5) is 0 Å². The summed E-state index contributed by atoms with van der Waals surface area (Å²) in [7, 11) is 0. The van der Waals surface area contributed by atoms with Crippen LogP contribution in [0.3, 0.4) is 0 Å². The minimum atomic E-state index is 0.490. The van der Waals surface area contributed by atoms with Gasteiger partial charge in [0.05, 0.1) is 9.77 Å². The molecule has 4 heteroatoms. The zero-order valence-corrected chi connectivity index (χ0v) is 9.70. The highest BCUT2D eigenvalue weighted by Gasteiger charge is 2.42. The predicted molar refractivity (Wildman–Crippen MR) is 60.3 cm³/mol. The Kier molecular flexibility index (Phi) is 2.60. The highest BCUT2D eigenvalue weighted by Crippen LogP contribution is 2.49. The van der Waals surface area contributed by atoms with Crippen molar-refractivity contribution in [1.29, 1.82) is 0 Å². The van der Waals surface area contributed by atoms with E-state index in [9.17, 15) is 0 Å². The number of halogens is 1. The molecule has 1 aromatic rings. The number of nitrogens with zero attached hydrogens (tertiary/aromatic N) is 2. The van der Waals surface area contributed by atoms with Crippen molar-refractivity contribution < 1.29 is 0 Å². The van der Waals surface area contributed by atoms with E-state index in [0.29, 0.717) is 5.41 Å². The molecule has 0 unspecified atom stereocenters. The van der Waals surface area contributed by atoms with Crippen LogP contribution in [0.25, 0.3) is 0 Å². The van der Waals surface area contributed by atoms with Crippen molar-refractivity contribution in [3.05, 3.63) is 16.0 Å². The second-order valence-corrected chi connectivity index (χ2v) is 5.14. The standard InChI is InChI=1S/C9H14IN3/c10-8-5-12-13(6-8)7-9(1-2-9)3-4-11/h5-6H,1-4,7,11H2. The van der Waals surface area contributed by atoms with Crippen LogP contribution in [-0.4, -0.2) is 16.3 Å². The van der Waals surface area contributed by atoms with Gasteiger partial charge >= 0.3 is 0 Å². The van der Waals surface area contributed by atoms with Crippen LogP contribution in [0.1, 0.15) is 19.3 Å². The molecule has 0 atom stereocenters. The van der Waals surface area contributed by atoms with Gasteiger partial charge in [-0.25, -0.2) is 0 Å². The number of nitrogens with two attached hydrogens (primary N) is 1. The van der Waals surface area contributed by atoms with E-state index >= 15 is 0 Å². The first kappa shape index (κ1) is 9.45. The van der Waals surface area contributed by atoms with E-state index in [2.05, 4.69) is 33.9 Å². The van der Waals surface area contributed by atoms with Gasteiger partial charge in [-0.05, 0) is 53.8 Å². The largest absolute Gasteiger partial charge is 0.330 e. The predicted octanol–water partition coefficient (Wildman–Crippen LogP) is 1.62. The molecular formula is C9H14IN3. The lowest BCUT2D eigenvalue weighted by Gasteiger charge is -2.13. The molecule has 1 aliphatic rings. The van der Waals surface area contributed by atoms with Gasteiger partial charge in [-0.1, -0.05) is 0 Å². The van der Waals surface area contributed by atoms with E-state index < -0.39 is 0 Å². The molecule has 3 nitrogen and oxygen atoms in total. The summed E-state index contributed by atoms with van der Waals surface area (Å²) in [5.74, 6) is 0. The molecule has 0 aromatic carbocycles. The minimum absolute atomic E-state index is 0.490. The minimum Gasteiger partial charge on any atom is -0.330 e. The molecule has 0 radical (unpaired) electrons. The Morgan fingerprint density at radius 1 is 1.62 bits per heavy atom. The molecule has 0 aliphatic heterocycles. The first-order chi connectivity index (χ1) is 6.24. The molecule has 1 aromatic heterocycles. The van der Waals surface area contributed by atoms with Crippen molar-refractivity contribution in [3.8, 4) is 0 Å². The lowest BCUT2D eigenvalue weighted by atomic mass is 10.0. The van der Waals surface area contributed by atoms with Crippen molar-refractivity contribution in [1.82, 2.24) is 9.78 Å². The molecule has 1 aliphatic carbocycles. The summed E-state index contributed by atoms with van der Waals surface area (Å²) in [5, 5.41) is 4.29. The third kappa shape index (κ3) is 2.22. The quantitative estimate of drug-likeness (QED) is 0.857.